The molecule has 0 aromatic carbocycles. The lowest BCUT2D eigenvalue weighted by molar-refractivity contribution is 0.207. The topological polar surface area (TPSA) is 60.4 Å². The maximum atomic E-state index is 5.48. The van der Waals surface area contributed by atoms with Crippen LogP contribution in [0.15, 0.2) is 28.6 Å². The Morgan fingerprint density at radius 3 is 2.93 bits per heavy atom. The van der Waals surface area contributed by atoms with Crippen molar-refractivity contribution in [2.24, 2.45) is 5.84 Å². The first-order valence-corrected chi connectivity index (χ1v) is 4.66. The van der Waals surface area contributed by atoms with Gasteiger partial charge in [-0.05, 0) is 24.6 Å². The summed E-state index contributed by atoms with van der Waals surface area (Å²) in [7, 11) is 0. The monoisotopic (exact) mass is 194 g/mol. The Morgan fingerprint density at radius 1 is 1.57 bits per heavy atom. The van der Waals surface area contributed by atoms with Crippen LogP contribution in [0.4, 0.5) is 0 Å². The van der Waals surface area contributed by atoms with Crippen molar-refractivity contribution >= 4 is 0 Å². The van der Waals surface area contributed by atoms with Crippen LogP contribution in [0.25, 0.3) is 0 Å². The number of nitrogens with two attached hydrogens (primary N) is 1. The highest BCUT2D eigenvalue weighted by molar-refractivity contribution is 5.25. The second kappa shape index (κ2) is 3.86. The number of aryl methyl sites for hydroxylation is 1. The van der Waals surface area contributed by atoms with Gasteiger partial charge in [-0.25, -0.2) is 5.43 Å². The number of hydrogen-bond donors (Lipinski definition) is 2. The molecule has 1 aromatic rings. The second-order valence-electron chi connectivity index (χ2n) is 3.31. The quantitative estimate of drug-likeness (QED) is 0.564. The van der Waals surface area contributed by atoms with Crippen molar-refractivity contribution in [1.29, 1.82) is 0 Å². The molecule has 14 heavy (non-hydrogen) atoms. The van der Waals surface area contributed by atoms with Crippen LogP contribution in [0.1, 0.15) is 23.8 Å². The van der Waals surface area contributed by atoms with Crippen molar-refractivity contribution in [3.63, 3.8) is 0 Å². The summed E-state index contributed by atoms with van der Waals surface area (Å²) in [5.74, 6) is 7.15. The van der Waals surface area contributed by atoms with Crippen molar-refractivity contribution in [2.75, 3.05) is 6.61 Å². The molecule has 2 heterocycles. The number of hydrazine groups is 1. The molecule has 1 aliphatic heterocycles. The third kappa shape index (κ3) is 1.54. The molecule has 4 nitrogen and oxygen atoms in total. The zero-order chi connectivity index (χ0) is 9.97. The van der Waals surface area contributed by atoms with Crippen LogP contribution in [0.2, 0.25) is 0 Å². The Balaban J connectivity index is 2.25. The highest BCUT2D eigenvalue weighted by Crippen LogP contribution is 2.28. The number of nitrogens with one attached hydrogen (secondary N) is 1. The molecule has 0 fully saturated rings. The molecular formula is C10H14N2O2. The van der Waals surface area contributed by atoms with E-state index in [1.807, 2.05) is 19.1 Å². The van der Waals surface area contributed by atoms with Crippen molar-refractivity contribution < 1.29 is 9.15 Å². The molecule has 76 valence electrons. The van der Waals surface area contributed by atoms with Crippen molar-refractivity contribution in [2.45, 2.75) is 19.4 Å². The molecule has 1 unspecified atom stereocenters. The lowest BCUT2D eigenvalue weighted by atomic mass is 10.1. The Bertz CT molecular complexity index is 344. The molecule has 0 spiro atoms. The van der Waals surface area contributed by atoms with Crippen LogP contribution in [-0.4, -0.2) is 6.61 Å². The summed E-state index contributed by atoms with van der Waals surface area (Å²) in [5.41, 5.74) is 3.77. The van der Waals surface area contributed by atoms with E-state index in [9.17, 15) is 0 Å². The van der Waals surface area contributed by atoms with Crippen LogP contribution < -0.4 is 11.3 Å². The van der Waals surface area contributed by atoms with E-state index >= 15 is 0 Å². The van der Waals surface area contributed by atoms with Crippen molar-refractivity contribution in [1.82, 2.24) is 5.43 Å². The van der Waals surface area contributed by atoms with Crippen LogP contribution in [0, 0.1) is 6.92 Å². The van der Waals surface area contributed by atoms with Gasteiger partial charge in [-0.3, -0.25) is 5.84 Å². The van der Waals surface area contributed by atoms with Crippen LogP contribution in [-0.2, 0) is 4.74 Å². The van der Waals surface area contributed by atoms with E-state index in [-0.39, 0.29) is 6.04 Å². The normalized spacial score (nSPS) is 17.7. The van der Waals surface area contributed by atoms with E-state index in [0.717, 1.165) is 30.1 Å². The molecule has 0 bridgehead atoms. The molecule has 4 heteroatoms. The van der Waals surface area contributed by atoms with Gasteiger partial charge in [0, 0.05) is 6.42 Å². The van der Waals surface area contributed by atoms with E-state index in [1.54, 1.807) is 6.26 Å². The van der Waals surface area contributed by atoms with Crippen LogP contribution in [0.5, 0.6) is 0 Å². The molecule has 3 N–H and O–H groups in total. The van der Waals surface area contributed by atoms with E-state index in [4.69, 9.17) is 15.0 Å². The third-order valence-electron chi connectivity index (χ3n) is 2.35. The van der Waals surface area contributed by atoms with Gasteiger partial charge in [-0.1, -0.05) is 0 Å². The molecule has 0 amide bonds. The number of ether oxygens (including phenoxy) is 1. The zero-order valence-corrected chi connectivity index (χ0v) is 8.12. The van der Waals surface area contributed by atoms with E-state index in [1.165, 1.54) is 0 Å². The minimum absolute atomic E-state index is 0.160. The van der Waals surface area contributed by atoms with Crippen molar-refractivity contribution in [3.8, 4) is 0 Å². The summed E-state index contributed by atoms with van der Waals surface area (Å²) >= 11 is 0. The minimum Gasteiger partial charge on any atom is -0.496 e. The first-order chi connectivity index (χ1) is 6.83. The maximum absolute atomic E-state index is 5.48. The largest absolute Gasteiger partial charge is 0.496 e. The molecule has 0 radical (unpaired) electrons. The summed E-state index contributed by atoms with van der Waals surface area (Å²) in [6.45, 7) is 2.71. The first kappa shape index (κ1) is 9.30. The van der Waals surface area contributed by atoms with Gasteiger partial charge in [0.15, 0.2) is 0 Å². The van der Waals surface area contributed by atoms with Gasteiger partial charge in [0.05, 0.1) is 12.9 Å². The SMILES string of the molecule is Cc1ccoc1C(NN)C1=CCCO1. The summed E-state index contributed by atoms with van der Waals surface area (Å²) in [6.07, 6.45) is 4.63. The average Bonchev–Trinajstić information content (AvgIpc) is 2.80. The summed E-state index contributed by atoms with van der Waals surface area (Å²) in [5, 5.41) is 0. The molecule has 1 aliphatic rings. The predicted molar refractivity (Wildman–Crippen MR) is 52.2 cm³/mol. The summed E-state index contributed by atoms with van der Waals surface area (Å²) in [6, 6.07) is 1.75. The Hall–Kier alpha value is -1.26. The molecule has 2 rings (SSSR count). The highest BCUT2D eigenvalue weighted by Gasteiger charge is 2.23. The van der Waals surface area contributed by atoms with E-state index in [2.05, 4.69) is 5.43 Å². The molecular weight excluding hydrogens is 180 g/mol. The summed E-state index contributed by atoms with van der Waals surface area (Å²) in [4.78, 5) is 0. The molecule has 0 saturated heterocycles. The second-order valence-corrected chi connectivity index (χ2v) is 3.31. The highest BCUT2D eigenvalue weighted by atomic mass is 16.5. The van der Waals surface area contributed by atoms with Gasteiger partial charge in [0.25, 0.3) is 0 Å². The molecule has 0 aliphatic carbocycles. The number of rotatable bonds is 3. The van der Waals surface area contributed by atoms with Crippen LogP contribution >= 0.6 is 0 Å². The Kier molecular flexibility index (Phi) is 2.56. The van der Waals surface area contributed by atoms with Gasteiger partial charge in [-0.15, -0.1) is 0 Å². The van der Waals surface area contributed by atoms with Gasteiger partial charge >= 0.3 is 0 Å². The van der Waals surface area contributed by atoms with Gasteiger partial charge in [0.1, 0.15) is 17.6 Å². The fraction of sp³-hybridized carbons (Fsp3) is 0.400. The van der Waals surface area contributed by atoms with Crippen LogP contribution in [0.3, 0.4) is 0 Å². The lowest BCUT2D eigenvalue weighted by Crippen LogP contribution is -2.29. The fourth-order valence-corrected chi connectivity index (χ4v) is 1.61. The Labute approximate surface area is 82.7 Å². The lowest BCUT2D eigenvalue weighted by Gasteiger charge is -2.15. The standard InChI is InChI=1S/C10H14N2O2/c1-7-4-6-14-10(7)9(12-11)8-3-2-5-13-8/h3-4,6,9,12H,2,5,11H2,1H3. The van der Waals surface area contributed by atoms with Crippen molar-refractivity contribution in [3.05, 3.63) is 35.5 Å². The predicted octanol–water partition coefficient (Wildman–Crippen LogP) is 1.40. The average molecular weight is 194 g/mol. The fourth-order valence-electron chi connectivity index (χ4n) is 1.61. The maximum Gasteiger partial charge on any atom is 0.136 e. The van der Waals surface area contributed by atoms with Gasteiger partial charge < -0.3 is 9.15 Å². The smallest absolute Gasteiger partial charge is 0.136 e. The first-order valence-electron chi connectivity index (χ1n) is 4.66. The molecule has 0 saturated carbocycles. The number of hydrogen-bond acceptors (Lipinski definition) is 4. The van der Waals surface area contributed by atoms with Gasteiger partial charge in [0.2, 0.25) is 0 Å². The third-order valence-corrected chi connectivity index (χ3v) is 2.35. The molecule has 1 atom stereocenters. The Morgan fingerprint density at radius 2 is 2.43 bits per heavy atom. The number of furan rings is 1. The zero-order valence-electron chi connectivity index (χ0n) is 8.12. The van der Waals surface area contributed by atoms with E-state index in [0.29, 0.717) is 0 Å². The van der Waals surface area contributed by atoms with Gasteiger partial charge in [-0.2, -0.15) is 0 Å². The summed E-state index contributed by atoms with van der Waals surface area (Å²) < 4.78 is 10.8. The molecule has 1 aromatic heterocycles. The minimum atomic E-state index is -0.160. The van der Waals surface area contributed by atoms with E-state index < -0.39 is 0 Å².